The zero-order valence-corrected chi connectivity index (χ0v) is 33.3. The van der Waals surface area contributed by atoms with Crippen LogP contribution in [0, 0.1) is 0 Å². The number of rotatable bonds is 12. The van der Waals surface area contributed by atoms with Crippen molar-refractivity contribution in [1.82, 2.24) is 4.48 Å². The molecular formula is C43H33BCl2F2N2O4S2. The molecule has 0 radical (unpaired) electrons. The lowest BCUT2D eigenvalue weighted by Crippen LogP contribution is -2.51. The maximum Gasteiger partial charge on any atom is 0.737 e. The van der Waals surface area contributed by atoms with Crippen molar-refractivity contribution in [2.24, 2.45) is 0 Å². The molecule has 0 saturated heterocycles. The first-order chi connectivity index (χ1) is 27.1. The molecule has 13 heteroatoms. The summed E-state index contributed by atoms with van der Waals surface area (Å²) in [6, 6.07) is 32.0. The standard InChI is InChI=1S/C43H33BCl2F2N2O4S2/c1-3-53-42(51)40-34(23-25-55-32-19-15-30(45)16-20-32)49-36(38(40)28-11-7-5-8-12-28)27-37-39(29-13-9-6-10-14-29)41(43(52)54-4-2)35(50(37)44(49,47)48)24-26-56-33-21-17-31(46)18-22-33/h5-27H,3-4H2,1-2H3/b25-23+,26-24+. The van der Waals surface area contributed by atoms with Crippen molar-refractivity contribution in [2.75, 3.05) is 13.2 Å². The van der Waals surface area contributed by atoms with Gasteiger partial charge >= 0.3 is 18.9 Å². The summed E-state index contributed by atoms with van der Waals surface area (Å²) in [5, 5.41) is 4.43. The van der Waals surface area contributed by atoms with E-state index >= 15 is 8.63 Å². The van der Waals surface area contributed by atoms with Gasteiger partial charge in [-0.05, 0) is 90.4 Å². The molecule has 2 aliphatic heterocycles. The minimum Gasteiger partial charge on any atom is -0.462 e. The highest BCUT2D eigenvalue weighted by Gasteiger charge is 2.58. The predicted molar refractivity (Wildman–Crippen MR) is 225 cm³/mol. The van der Waals surface area contributed by atoms with Crippen molar-refractivity contribution in [3.8, 4) is 11.1 Å². The van der Waals surface area contributed by atoms with Gasteiger partial charge in [-0.25, -0.2) is 9.59 Å². The molecule has 282 valence electrons. The van der Waals surface area contributed by atoms with Gasteiger partial charge in [0, 0.05) is 48.9 Å². The van der Waals surface area contributed by atoms with E-state index in [1.807, 2.05) is 36.4 Å². The molecule has 0 spiro atoms. The van der Waals surface area contributed by atoms with E-state index in [-0.39, 0.29) is 58.3 Å². The summed E-state index contributed by atoms with van der Waals surface area (Å²) in [5.74, 6) is -1.49. The largest absolute Gasteiger partial charge is 0.737 e. The predicted octanol–water partition coefficient (Wildman–Crippen LogP) is 11.8. The Labute approximate surface area is 341 Å². The van der Waals surface area contributed by atoms with Crippen LogP contribution >= 0.6 is 46.7 Å². The Morgan fingerprint density at radius 3 is 1.80 bits per heavy atom. The Bertz CT molecular complexity index is 2470. The number of allylic oxidation sites excluding steroid dienone is 2. The second-order valence-corrected chi connectivity index (χ2v) is 15.3. The summed E-state index contributed by atoms with van der Waals surface area (Å²) < 4.78 is 49.3. The van der Waals surface area contributed by atoms with Crippen molar-refractivity contribution in [3.05, 3.63) is 170 Å². The fourth-order valence-electron chi connectivity index (χ4n) is 6.77. The minimum absolute atomic E-state index is 0.00757. The fraction of sp³-hybridized carbons (Fsp3) is 0.0930. The maximum atomic E-state index is 18.2. The quantitative estimate of drug-likeness (QED) is 0.0709. The molecular weight excluding hydrogens is 792 g/mol. The average Bonchev–Trinajstić information content (AvgIpc) is 3.71. The molecule has 2 aliphatic rings. The van der Waals surface area contributed by atoms with Crippen LogP contribution in [-0.2, 0) is 14.3 Å². The van der Waals surface area contributed by atoms with Gasteiger partial charge in [0.15, 0.2) is 11.4 Å². The lowest BCUT2D eigenvalue weighted by Gasteiger charge is -2.31. The van der Waals surface area contributed by atoms with E-state index in [1.165, 1.54) is 35.7 Å². The molecule has 0 N–H and O–H groups in total. The molecule has 0 fully saturated rings. The van der Waals surface area contributed by atoms with Crippen LogP contribution in [0.25, 0.3) is 28.9 Å². The number of fused-ring (bicyclic) bond motifs is 2. The van der Waals surface area contributed by atoms with Gasteiger partial charge in [0.25, 0.3) is 0 Å². The number of hydrogen-bond acceptors (Lipinski definition) is 6. The number of thioether (sulfide) groups is 2. The van der Waals surface area contributed by atoms with Crippen LogP contribution in [0.2, 0.25) is 10.0 Å². The van der Waals surface area contributed by atoms with Gasteiger partial charge in [-0.2, -0.15) is 0 Å². The molecule has 0 saturated carbocycles. The first-order valence-electron chi connectivity index (χ1n) is 17.7. The monoisotopic (exact) mass is 824 g/mol. The second-order valence-electron chi connectivity index (χ2n) is 12.4. The van der Waals surface area contributed by atoms with Crippen molar-refractivity contribution in [1.29, 1.82) is 0 Å². The highest BCUT2D eigenvalue weighted by atomic mass is 35.5. The highest BCUT2D eigenvalue weighted by molar-refractivity contribution is 8.02. The third-order valence-electron chi connectivity index (χ3n) is 9.03. The number of esters is 2. The smallest absolute Gasteiger partial charge is 0.462 e. The Kier molecular flexibility index (Phi) is 11.9. The van der Waals surface area contributed by atoms with Crippen LogP contribution in [0.15, 0.2) is 147 Å². The molecule has 0 amide bonds. The third kappa shape index (κ3) is 7.69. The van der Waals surface area contributed by atoms with Crippen molar-refractivity contribution < 1.29 is 32.2 Å². The van der Waals surface area contributed by atoms with Gasteiger partial charge in [0.05, 0.1) is 24.4 Å². The van der Waals surface area contributed by atoms with E-state index in [2.05, 4.69) is 0 Å². The Hall–Kier alpha value is -5.07. The maximum absolute atomic E-state index is 18.2. The summed E-state index contributed by atoms with van der Waals surface area (Å²) in [6.45, 7) is -1.44. The van der Waals surface area contributed by atoms with E-state index < -0.39 is 18.9 Å². The first kappa shape index (κ1) is 39.2. The summed E-state index contributed by atoms with van der Waals surface area (Å²) >= 11 is 14.8. The van der Waals surface area contributed by atoms with Crippen LogP contribution in [0.1, 0.15) is 41.2 Å². The molecule has 7 rings (SSSR count). The number of carbonyl (C=O) groups excluding carboxylic acids is 2. The van der Waals surface area contributed by atoms with Crippen LogP contribution in [0.4, 0.5) is 8.63 Å². The molecule has 0 atom stereocenters. The molecule has 56 heavy (non-hydrogen) atoms. The number of nitrogens with zero attached hydrogens (tertiary/aromatic N) is 2. The zero-order valence-electron chi connectivity index (χ0n) is 30.1. The summed E-state index contributed by atoms with van der Waals surface area (Å²) in [4.78, 5) is 29.6. The van der Waals surface area contributed by atoms with E-state index in [1.54, 1.807) is 104 Å². The lowest BCUT2D eigenvalue weighted by atomic mass is 9.87. The zero-order chi connectivity index (χ0) is 39.4. The molecule has 6 nitrogen and oxygen atoms in total. The van der Waals surface area contributed by atoms with E-state index in [0.717, 1.165) is 18.8 Å². The highest BCUT2D eigenvalue weighted by Crippen LogP contribution is 2.47. The van der Waals surface area contributed by atoms with Crippen molar-refractivity contribution >= 4 is 89.1 Å². The van der Waals surface area contributed by atoms with Crippen LogP contribution in [0.5, 0.6) is 0 Å². The van der Waals surface area contributed by atoms with Gasteiger partial charge in [-0.3, -0.25) is 0 Å². The van der Waals surface area contributed by atoms with E-state index in [4.69, 9.17) is 32.7 Å². The SMILES string of the molecule is CCOC(=O)C1=C(c2ccccc2)C2=Cc3c(-c4ccccc4)c(C(=O)OCC)c(/C=C/Sc4ccc(Cl)cc4)n3[B-](F)(F)[N+]2=C1/C=C/Sc1ccc(Cl)cc1. The summed E-state index contributed by atoms with van der Waals surface area (Å²) in [5.41, 5.74) is 1.69. The second kappa shape index (κ2) is 17.0. The van der Waals surface area contributed by atoms with Gasteiger partial charge in [0.1, 0.15) is 5.57 Å². The fourth-order valence-corrected chi connectivity index (χ4v) is 8.32. The van der Waals surface area contributed by atoms with Gasteiger partial charge in [-0.15, -0.1) is 0 Å². The summed E-state index contributed by atoms with van der Waals surface area (Å²) in [6.07, 6.45) is 4.65. The molecule has 0 unspecified atom stereocenters. The number of halogens is 4. The van der Waals surface area contributed by atoms with Crippen LogP contribution in [0.3, 0.4) is 0 Å². The van der Waals surface area contributed by atoms with Gasteiger partial charge in [-0.1, -0.05) is 107 Å². The van der Waals surface area contributed by atoms with Crippen molar-refractivity contribution in [2.45, 2.75) is 23.6 Å². The lowest BCUT2D eigenvalue weighted by molar-refractivity contribution is -0.358. The molecule has 0 aliphatic carbocycles. The molecule has 1 aromatic heterocycles. The molecule has 5 aromatic rings. The molecule has 0 bridgehead atoms. The third-order valence-corrected chi connectivity index (χ3v) is 11.2. The average molecular weight is 826 g/mol. The minimum atomic E-state index is -4.84. The van der Waals surface area contributed by atoms with E-state index in [0.29, 0.717) is 21.2 Å². The van der Waals surface area contributed by atoms with Crippen LogP contribution < -0.4 is 0 Å². The summed E-state index contributed by atoms with van der Waals surface area (Å²) in [7, 11) is 0. The normalized spacial score (nSPS) is 14.6. The Morgan fingerprint density at radius 1 is 0.732 bits per heavy atom. The number of benzene rings is 4. The Morgan fingerprint density at radius 2 is 1.25 bits per heavy atom. The van der Waals surface area contributed by atoms with Crippen molar-refractivity contribution in [3.63, 3.8) is 0 Å². The number of carbonyl (C=O) groups is 2. The number of hydrogen-bond donors (Lipinski definition) is 0. The van der Waals surface area contributed by atoms with Gasteiger partial charge < -0.3 is 27.1 Å². The number of ether oxygens (including phenoxy) is 2. The first-order valence-corrected chi connectivity index (χ1v) is 20.2. The Balaban J connectivity index is 1.53. The van der Waals surface area contributed by atoms with E-state index in [9.17, 15) is 9.59 Å². The van der Waals surface area contributed by atoms with Crippen LogP contribution in [-0.4, -0.2) is 46.8 Å². The number of aromatic nitrogens is 1. The topological polar surface area (TPSA) is 60.5 Å². The molecule has 3 heterocycles. The van der Waals surface area contributed by atoms with Gasteiger partial charge in [0.2, 0.25) is 0 Å². The molecule has 4 aromatic carbocycles.